The third kappa shape index (κ3) is 3.50. The maximum Gasteiger partial charge on any atom is 0.236 e. The number of amides is 1. The molecular weight excluding hydrogens is 227 g/mol. The van der Waals surface area contributed by atoms with E-state index >= 15 is 0 Å². The second kappa shape index (κ2) is 5.86. The molecule has 1 atom stereocenters. The van der Waals surface area contributed by atoms with Crippen LogP contribution < -0.4 is 11.1 Å². The van der Waals surface area contributed by atoms with Crippen LogP contribution in [-0.2, 0) is 11.3 Å². The molecule has 1 rings (SSSR count). The summed E-state index contributed by atoms with van der Waals surface area (Å²) < 4.78 is 13.0. The molecular formula is C11H15FN2OS. The second-order valence-electron chi connectivity index (χ2n) is 3.46. The van der Waals surface area contributed by atoms with E-state index in [4.69, 9.17) is 5.73 Å². The number of hydrogen-bond acceptors (Lipinski definition) is 3. The van der Waals surface area contributed by atoms with E-state index in [1.54, 1.807) is 13.0 Å². The molecule has 5 heteroatoms. The fourth-order valence-corrected chi connectivity index (χ4v) is 1.83. The Morgan fingerprint density at radius 3 is 2.88 bits per heavy atom. The lowest BCUT2D eigenvalue weighted by atomic mass is 10.2. The highest BCUT2D eigenvalue weighted by atomic mass is 32.2. The van der Waals surface area contributed by atoms with Crippen molar-refractivity contribution in [1.29, 1.82) is 0 Å². The molecule has 0 aliphatic rings. The fourth-order valence-electron chi connectivity index (χ4n) is 1.23. The summed E-state index contributed by atoms with van der Waals surface area (Å²) in [6.07, 6.45) is 1.91. The smallest absolute Gasteiger partial charge is 0.236 e. The highest BCUT2D eigenvalue weighted by molar-refractivity contribution is 7.98. The first-order valence-corrected chi connectivity index (χ1v) is 6.12. The van der Waals surface area contributed by atoms with Crippen molar-refractivity contribution in [3.63, 3.8) is 0 Å². The monoisotopic (exact) mass is 242 g/mol. The molecule has 0 aliphatic heterocycles. The Hall–Kier alpha value is -1.07. The van der Waals surface area contributed by atoms with Gasteiger partial charge in [0, 0.05) is 11.4 Å². The molecule has 3 nitrogen and oxygen atoms in total. The summed E-state index contributed by atoms with van der Waals surface area (Å²) in [5, 5.41) is 2.66. The number of hydrogen-bond donors (Lipinski definition) is 2. The minimum Gasteiger partial charge on any atom is -0.351 e. The number of thioether (sulfide) groups is 1. The molecule has 0 saturated heterocycles. The molecule has 0 fully saturated rings. The first-order valence-electron chi connectivity index (χ1n) is 4.90. The van der Waals surface area contributed by atoms with Crippen LogP contribution in [0.2, 0.25) is 0 Å². The molecule has 16 heavy (non-hydrogen) atoms. The van der Waals surface area contributed by atoms with Crippen molar-refractivity contribution in [3.05, 3.63) is 29.6 Å². The van der Waals surface area contributed by atoms with Crippen molar-refractivity contribution < 1.29 is 9.18 Å². The summed E-state index contributed by atoms with van der Waals surface area (Å²) in [5.41, 5.74) is 6.17. The molecule has 0 heterocycles. The van der Waals surface area contributed by atoms with Gasteiger partial charge in [0.25, 0.3) is 0 Å². The lowest BCUT2D eigenvalue weighted by molar-refractivity contribution is -0.122. The van der Waals surface area contributed by atoms with Crippen LogP contribution in [0.1, 0.15) is 12.5 Å². The number of carbonyl (C=O) groups is 1. The van der Waals surface area contributed by atoms with Crippen LogP contribution in [0.15, 0.2) is 23.1 Å². The van der Waals surface area contributed by atoms with E-state index in [1.165, 1.54) is 23.9 Å². The summed E-state index contributed by atoms with van der Waals surface area (Å²) in [5.74, 6) is -0.542. The van der Waals surface area contributed by atoms with Crippen LogP contribution in [0, 0.1) is 5.82 Å². The largest absolute Gasteiger partial charge is 0.351 e. The first kappa shape index (κ1) is 13.0. The molecule has 1 amide bonds. The van der Waals surface area contributed by atoms with Gasteiger partial charge in [-0.15, -0.1) is 11.8 Å². The van der Waals surface area contributed by atoms with Crippen molar-refractivity contribution in [2.45, 2.75) is 24.4 Å². The van der Waals surface area contributed by atoms with E-state index in [-0.39, 0.29) is 11.7 Å². The minimum absolute atomic E-state index is 0.240. The summed E-state index contributed by atoms with van der Waals surface area (Å²) in [4.78, 5) is 12.2. The molecule has 0 spiro atoms. The Balaban J connectivity index is 2.72. The van der Waals surface area contributed by atoms with Gasteiger partial charge in [-0.25, -0.2) is 4.39 Å². The van der Waals surface area contributed by atoms with E-state index in [9.17, 15) is 9.18 Å². The first-order chi connectivity index (χ1) is 7.54. The SMILES string of the molecule is CSc1ccc(F)cc1CNC(=O)[C@@H](C)N. The highest BCUT2D eigenvalue weighted by Gasteiger charge is 2.08. The molecule has 1 aromatic carbocycles. The highest BCUT2D eigenvalue weighted by Crippen LogP contribution is 2.21. The Kier molecular flexibility index (Phi) is 4.76. The van der Waals surface area contributed by atoms with Gasteiger partial charge in [0.1, 0.15) is 5.82 Å². The predicted octanol–water partition coefficient (Wildman–Crippen LogP) is 1.51. The van der Waals surface area contributed by atoms with E-state index in [0.29, 0.717) is 6.54 Å². The van der Waals surface area contributed by atoms with Gasteiger partial charge in [-0.1, -0.05) is 0 Å². The minimum atomic E-state index is -0.550. The van der Waals surface area contributed by atoms with Crippen molar-refractivity contribution in [2.75, 3.05) is 6.26 Å². The van der Waals surface area contributed by atoms with Gasteiger partial charge in [0.2, 0.25) is 5.91 Å². The Bertz CT molecular complexity index is 382. The normalized spacial score (nSPS) is 12.2. The third-order valence-electron chi connectivity index (χ3n) is 2.11. The summed E-state index contributed by atoms with van der Waals surface area (Å²) >= 11 is 1.51. The van der Waals surface area contributed by atoms with Gasteiger partial charge in [-0.2, -0.15) is 0 Å². The summed E-state index contributed by atoms with van der Waals surface area (Å²) in [6, 6.07) is 3.98. The van der Waals surface area contributed by atoms with Crippen LogP contribution in [0.4, 0.5) is 4.39 Å². The molecule has 1 aromatic rings. The van der Waals surface area contributed by atoms with Gasteiger partial charge < -0.3 is 11.1 Å². The maximum atomic E-state index is 13.0. The van der Waals surface area contributed by atoms with E-state index in [1.807, 2.05) is 6.26 Å². The molecule has 3 N–H and O–H groups in total. The lowest BCUT2D eigenvalue weighted by Gasteiger charge is -2.10. The molecule has 0 radical (unpaired) electrons. The molecule has 0 bridgehead atoms. The van der Waals surface area contributed by atoms with Gasteiger partial charge >= 0.3 is 0 Å². The van der Waals surface area contributed by atoms with Crippen LogP contribution in [0.25, 0.3) is 0 Å². The Morgan fingerprint density at radius 1 is 1.62 bits per heavy atom. The zero-order chi connectivity index (χ0) is 12.1. The number of carbonyl (C=O) groups excluding carboxylic acids is 1. The Labute approximate surface area is 98.6 Å². The maximum absolute atomic E-state index is 13.0. The topological polar surface area (TPSA) is 55.1 Å². The third-order valence-corrected chi connectivity index (χ3v) is 2.95. The van der Waals surface area contributed by atoms with Crippen molar-refractivity contribution >= 4 is 17.7 Å². The number of benzene rings is 1. The van der Waals surface area contributed by atoms with Gasteiger partial charge in [-0.05, 0) is 36.9 Å². The lowest BCUT2D eigenvalue weighted by Crippen LogP contribution is -2.37. The molecule has 0 saturated carbocycles. The van der Waals surface area contributed by atoms with E-state index in [2.05, 4.69) is 5.32 Å². The number of nitrogens with two attached hydrogens (primary N) is 1. The zero-order valence-corrected chi connectivity index (χ0v) is 10.1. The average molecular weight is 242 g/mol. The summed E-state index contributed by atoms with van der Waals surface area (Å²) in [7, 11) is 0. The predicted molar refractivity (Wildman–Crippen MR) is 63.7 cm³/mol. The van der Waals surface area contributed by atoms with Crippen LogP contribution in [-0.4, -0.2) is 18.2 Å². The number of nitrogens with one attached hydrogen (secondary N) is 1. The molecule has 0 aliphatic carbocycles. The van der Waals surface area contributed by atoms with Crippen molar-refractivity contribution in [2.24, 2.45) is 5.73 Å². The summed E-state index contributed by atoms with van der Waals surface area (Å²) in [6.45, 7) is 1.91. The average Bonchev–Trinajstić information content (AvgIpc) is 2.25. The number of halogens is 1. The van der Waals surface area contributed by atoms with E-state index < -0.39 is 6.04 Å². The van der Waals surface area contributed by atoms with Gasteiger partial charge in [0.15, 0.2) is 0 Å². The van der Waals surface area contributed by atoms with Gasteiger partial charge in [0.05, 0.1) is 6.04 Å². The standard InChI is InChI=1S/C11H15FN2OS/c1-7(13)11(15)14-6-8-5-9(12)3-4-10(8)16-2/h3-5,7H,6,13H2,1-2H3,(H,14,15)/t7-/m1/s1. The molecule has 0 aromatic heterocycles. The molecule has 88 valence electrons. The van der Waals surface area contributed by atoms with Crippen LogP contribution in [0.5, 0.6) is 0 Å². The number of rotatable bonds is 4. The van der Waals surface area contributed by atoms with Crippen molar-refractivity contribution in [3.8, 4) is 0 Å². The quantitative estimate of drug-likeness (QED) is 0.787. The fraction of sp³-hybridized carbons (Fsp3) is 0.364. The van der Waals surface area contributed by atoms with Crippen molar-refractivity contribution in [1.82, 2.24) is 5.32 Å². The Morgan fingerprint density at radius 2 is 2.31 bits per heavy atom. The second-order valence-corrected chi connectivity index (χ2v) is 4.31. The van der Waals surface area contributed by atoms with Crippen LogP contribution in [0.3, 0.4) is 0 Å². The molecule has 0 unspecified atom stereocenters. The van der Waals surface area contributed by atoms with E-state index in [0.717, 1.165) is 10.5 Å². The zero-order valence-electron chi connectivity index (χ0n) is 9.29. The van der Waals surface area contributed by atoms with Crippen LogP contribution >= 0.6 is 11.8 Å². The van der Waals surface area contributed by atoms with Gasteiger partial charge in [-0.3, -0.25) is 4.79 Å².